The Bertz CT molecular complexity index is 920. The standard InChI is InChI=1S/C22H23FN2O3/c1-4-28-18-8-6-5-7-17(18)24-20-19(15-9-11-16(23)12-10-15)21(26)25(22(20)27)13-14(2)3/h5-12,14,24H,4,13H2,1-3H3. The summed E-state index contributed by atoms with van der Waals surface area (Å²) in [6, 6.07) is 12.8. The van der Waals surface area contributed by atoms with E-state index in [1.807, 2.05) is 32.9 Å². The minimum absolute atomic E-state index is 0.123. The molecule has 1 aliphatic heterocycles. The highest BCUT2D eigenvalue weighted by Crippen LogP contribution is 2.33. The molecule has 0 unspecified atom stereocenters. The van der Waals surface area contributed by atoms with Crippen LogP contribution in [0.1, 0.15) is 26.3 Å². The fraction of sp³-hybridized carbons (Fsp3) is 0.273. The Morgan fingerprint density at radius 1 is 1.04 bits per heavy atom. The van der Waals surface area contributed by atoms with Gasteiger partial charge in [-0.25, -0.2) is 4.39 Å². The third-order valence-electron chi connectivity index (χ3n) is 4.30. The molecule has 0 saturated carbocycles. The lowest BCUT2D eigenvalue weighted by Crippen LogP contribution is -2.35. The summed E-state index contributed by atoms with van der Waals surface area (Å²) < 4.78 is 19.0. The van der Waals surface area contributed by atoms with Crippen LogP contribution in [0, 0.1) is 11.7 Å². The number of ether oxygens (including phenoxy) is 1. The SMILES string of the molecule is CCOc1ccccc1NC1=C(c2ccc(F)cc2)C(=O)N(CC(C)C)C1=O. The molecule has 146 valence electrons. The molecule has 0 spiro atoms. The van der Waals surface area contributed by atoms with Gasteiger partial charge in [0.05, 0.1) is 17.9 Å². The van der Waals surface area contributed by atoms with E-state index in [-0.39, 0.29) is 23.1 Å². The maximum absolute atomic E-state index is 13.4. The minimum Gasteiger partial charge on any atom is -0.492 e. The second kappa shape index (κ2) is 8.25. The van der Waals surface area contributed by atoms with Crippen LogP contribution < -0.4 is 10.1 Å². The fourth-order valence-corrected chi connectivity index (χ4v) is 3.09. The highest BCUT2D eigenvalue weighted by molar-refractivity contribution is 6.36. The van der Waals surface area contributed by atoms with Gasteiger partial charge in [0, 0.05) is 6.54 Å². The first-order chi connectivity index (χ1) is 13.4. The maximum atomic E-state index is 13.4. The van der Waals surface area contributed by atoms with Crippen molar-refractivity contribution in [2.45, 2.75) is 20.8 Å². The number of nitrogens with zero attached hydrogens (tertiary/aromatic N) is 1. The summed E-state index contributed by atoms with van der Waals surface area (Å²) in [6.45, 7) is 6.52. The molecular formula is C22H23FN2O3. The molecule has 0 saturated heterocycles. The molecule has 5 nitrogen and oxygen atoms in total. The van der Waals surface area contributed by atoms with Gasteiger partial charge in [0.2, 0.25) is 0 Å². The number of halogens is 1. The summed E-state index contributed by atoms with van der Waals surface area (Å²) >= 11 is 0. The predicted molar refractivity (Wildman–Crippen MR) is 106 cm³/mol. The third kappa shape index (κ3) is 3.91. The average Bonchev–Trinajstić information content (AvgIpc) is 2.88. The van der Waals surface area contributed by atoms with E-state index in [0.29, 0.717) is 30.2 Å². The maximum Gasteiger partial charge on any atom is 0.278 e. The van der Waals surface area contributed by atoms with E-state index in [9.17, 15) is 14.0 Å². The minimum atomic E-state index is -0.406. The number of hydrogen-bond acceptors (Lipinski definition) is 4. The van der Waals surface area contributed by atoms with Crippen molar-refractivity contribution < 1.29 is 18.7 Å². The largest absolute Gasteiger partial charge is 0.492 e. The average molecular weight is 382 g/mol. The first-order valence-electron chi connectivity index (χ1n) is 9.27. The van der Waals surface area contributed by atoms with Gasteiger partial charge < -0.3 is 10.1 Å². The van der Waals surface area contributed by atoms with Crippen LogP contribution in [0.2, 0.25) is 0 Å². The second-order valence-corrected chi connectivity index (χ2v) is 6.93. The van der Waals surface area contributed by atoms with E-state index >= 15 is 0 Å². The number of imide groups is 1. The van der Waals surface area contributed by atoms with Crippen LogP contribution in [-0.2, 0) is 9.59 Å². The number of anilines is 1. The molecule has 6 heteroatoms. The lowest BCUT2D eigenvalue weighted by atomic mass is 10.0. The molecule has 1 N–H and O–H groups in total. The molecule has 0 bridgehead atoms. The lowest BCUT2D eigenvalue weighted by molar-refractivity contribution is -0.137. The van der Waals surface area contributed by atoms with Gasteiger partial charge in [0.1, 0.15) is 17.3 Å². The Kier molecular flexibility index (Phi) is 5.78. The molecule has 28 heavy (non-hydrogen) atoms. The van der Waals surface area contributed by atoms with Crippen molar-refractivity contribution in [3.63, 3.8) is 0 Å². The van der Waals surface area contributed by atoms with E-state index in [4.69, 9.17) is 4.74 Å². The molecule has 0 aliphatic carbocycles. The molecule has 3 rings (SSSR count). The number of para-hydroxylation sites is 2. The van der Waals surface area contributed by atoms with Crippen LogP contribution >= 0.6 is 0 Å². The van der Waals surface area contributed by atoms with Crippen molar-refractivity contribution in [1.82, 2.24) is 4.90 Å². The highest BCUT2D eigenvalue weighted by Gasteiger charge is 2.39. The fourth-order valence-electron chi connectivity index (χ4n) is 3.09. The van der Waals surface area contributed by atoms with Crippen LogP contribution in [0.3, 0.4) is 0 Å². The van der Waals surface area contributed by atoms with Crippen molar-refractivity contribution in [2.75, 3.05) is 18.5 Å². The van der Waals surface area contributed by atoms with Crippen LogP contribution in [0.5, 0.6) is 5.75 Å². The molecule has 0 atom stereocenters. The van der Waals surface area contributed by atoms with E-state index in [1.54, 1.807) is 12.1 Å². The van der Waals surface area contributed by atoms with E-state index < -0.39 is 11.7 Å². The van der Waals surface area contributed by atoms with Gasteiger partial charge in [-0.2, -0.15) is 0 Å². The monoisotopic (exact) mass is 382 g/mol. The van der Waals surface area contributed by atoms with Crippen molar-refractivity contribution in [1.29, 1.82) is 0 Å². The van der Waals surface area contributed by atoms with Crippen molar-refractivity contribution in [3.8, 4) is 5.75 Å². The van der Waals surface area contributed by atoms with Gasteiger partial charge in [-0.05, 0) is 42.7 Å². The van der Waals surface area contributed by atoms with E-state index in [2.05, 4.69) is 5.32 Å². The summed E-state index contributed by atoms with van der Waals surface area (Å²) in [7, 11) is 0. The number of amides is 2. The summed E-state index contributed by atoms with van der Waals surface area (Å²) in [6.07, 6.45) is 0. The highest BCUT2D eigenvalue weighted by atomic mass is 19.1. The normalized spacial score (nSPS) is 14.2. The molecule has 0 aromatic heterocycles. The van der Waals surface area contributed by atoms with Crippen LogP contribution in [0.4, 0.5) is 10.1 Å². The zero-order valence-electron chi connectivity index (χ0n) is 16.2. The first kappa shape index (κ1) is 19.6. The molecule has 2 aromatic carbocycles. The van der Waals surface area contributed by atoms with Crippen molar-refractivity contribution >= 4 is 23.1 Å². The predicted octanol–water partition coefficient (Wildman–Crippen LogP) is 4.07. The van der Waals surface area contributed by atoms with Gasteiger partial charge in [0.25, 0.3) is 11.8 Å². The van der Waals surface area contributed by atoms with Gasteiger partial charge in [-0.15, -0.1) is 0 Å². The first-order valence-corrected chi connectivity index (χ1v) is 9.27. The van der Waals surface area contributed by atoms with Crippen LogP contribution in [-0.4, -0.2) is 29.9 Å². The number of carbonyl (C=O) groups excluding carboxylic acids is 2. The zero-order valence-corrected chi connectivity index (χ0v) is 16.2. The Morgan fingerprint density at radius 3 is 2.36 bits per heavy atom. The number of rotatable bonds is 7. The molecule has 1 heterocycles. The lowest BCUT2D eigenvalue weighted by Gasteiger charge is -2.17. The molecule has 2 amide bonds. The number of benzene rings is 2. The smallest absolute Gasteiger partial charge is 0.278 e. The van der Waals surface area contributed by atoms with Gasteiger partial charge in [-0.1, -0.05) is 38.1 Å². The number of nitrogens with one attached hydrogen (secondary N) is 1. The van der Waals surface area contributed by atoms with Crippen LogP contribution in [0.15, 0.2) is 54.2 Å². The Labute approximate surface area is 163 Å². The van der Waals surface area contributed by atoms with Crippen molar-refractivity contribution in [2.24, 2.45) is 5.92 Å². The molecule has 0 fully saturated rings. The number of hydrogen-bond donors (Lipinski definition) is 1. The third-order valence-corrected chi connectivity index (χ3v) is 4.30. The topological polar surface area (TPSA) is 58.6 Å². The summed E-state index contributed by atoms with van der Waals surface area (Å²) in [5, 5.41) is 3.09. The Morgan fingerprint density at radius 2 is 1.71 bits per heavy atom. The Balaban J connectivity index is 2.07. The van der Waals surface area contributed by atoms with E-state index in [1.165, 1.54) is 29.2 Å². The van der Waals surface area contributed by atoms with Crippen molar-refractivity contribution in [3.05, 3.63) is 65.6 Å². The Hall–Kier alpha value is -3.15. The molecule has 1 aliphatic rings. The van der Waals surface area contributed by atoms with Gasteiger partial charge in [0.15, 0.2) is 0 Å². The van der Waals surface area contributed by atoms with Gasteiger partial charge in [-0.3, -0.25) is 14.5 Å². The van der Waals surface area contributed by atoms with Crippen LogP contribution in [0.25, 0.3) is 5.57 Å². The summed E-state index contributed by atoms with van der Waals surface area (Å²) in [4.78, 5) is 27.3. The number of carbonyl (C=O) groups is 2. The molecular weight excluding hydrogens is 359 g/mol. The molecule has 2 aromatic rings. The summed E-state index contributed by atoms with van der Waals surface area (Å²) in [5.74, 6) is -0.488. The second-order valence-electron chi connectivity index (χ2n) is 6.93. The molecule has 0 radical (unpaired) electrons. The summed E-state index contributed by atoms with van der Waals surface area (Å²) in [5.41, 5.74) is 1.48. The van der Waals surface area contributed by atoms with Gasteiger partial charge >= 0.3 is 0 Å². The quantitative estimate of drug-likeness (QED) is 0.734. The van der Waals surface area contributed by atoms with E-state index in [0.717, 1.165) is 0 Å². The zero-order chi connectivity index (χ0) is 20.3.